The number of pyridine rings is 2. The van der Waals surface area contributed by atoms with Crippen molar-refractivity contribution in [2.75, 3.05) is 0 Å². The Morgan fingerprint density at radius 3 is 1.54 bits per heavy atom. The number of fused-ring (bicyclic) bond motifs is 11. The van der Waals surface area contributed by atoms with Crippen LogP contribution in [-0.4, -0.2) is 24.3 Å². The lowest BCUT2D eigenvalue weighted by Crippen LogP contribution is -1.98. The fourth-order valence-corrected chi connectivity index (χ4v) is 9.60. The molecule has 9 aromatic carbocycles. The molecule has 0 saturated heterocycles. The van der Waals surface area contributed by atoms with Crippen molar-refractivity contribution in [1.82, 2.24) is 24.3 Å². The van der Waals surface area contributed by atoms with Gasteiger partial charge in [-0.3, -0.25) is 4.40 Å². The monoisotopic (exact) mass is 801 g/mol. The number of rotatable bonds is 5. The van der Waals surface area contributed by atoms with Crippen LogP contribution in [0.15, 0.2) is 212 Å². The second kappa shape index (κ2) is 14.0. The lowest BCUT2D eigenvalue weighted by atomic mass is 9.93. The number of benzene rings is 9. The van der Waals surface area contributed by atoms with E-state index in [2.05, 4.69) is 193 Å². The van der Waals surface area contributed by atoms with Crippen LogP contribution in [0.4, 0.5) is 0 Å². The van der Waals surface area contributed by atoms with Gasteiger partial charge in [0.15, 0.2) is 5.82 Å². The molecule has 0 unspecified atom stereocenters. The minimum Gasteiger partial charge on any atom is -0.298 e. The van der Waals surface area contributed by atoms with Gasteiger partial charge < -0.3 is 0 Å². The van der Waals surface area contributed by atoms with E-state index in [-0.39, 0.29) is 0 Å². The summed E-state index contributed by atoms with van der Waals surface area (Å²) < 4.78 is 2.14. The molecule has 0 aliphatic heterocycles. The Hall–Kier alpha value is -8.54. The van der Waals surface area contributed by atoms with E-state index >= 15 is 0 Å². The lowest BCUT2D eigenvalue weighted by molar-refractivity contribution is 1.19. The quantitative estimate of drug-likeness (QED) is 0.163. The van der Waals surface area contributed by atoms with Crippen molar-refractivity contribution in [1.29, 1.82) is 0 Å². The third kappa shape index (κ3) is 5.71. The number of para-hydroxylation sites is 1. The first-order valence-electron chi connectivity index (χ1n) is 21.3. The molecule has 5 heteroatoms. The molecular formula is C58H35N5. The van der Waals surface area contributed by atoms with E-state index in [0.29, 0.717) is 5.82 Å². The Labute approximate surface area is 362 Å². The van der Waals surface area contributed by atoms with Crippen LogP contribution in [0.1, 0.15) is 0 Å². The van der Waals surface area contributed by atoms with Gasteiger partial charge in [0.2, 0.25) is 0 Å². The molecule has 0 atom stereocenters. The van der Waals surface area contributed by atoms with E-state index in [1.165, 1.54) is 32.3 Å². The van der Waals surface area contributed by atoms with Crippen LogP contribution in [-0.2, 0) is 0 Å². The zero-order valence-corrected chi connectivity index (χ0v) is 33.9. The smallest absolute Gasteiger partial charge is 0.160 e. The van der Waals surface area contributed by atoms with Crippen molar-refractivity contribution in [3.8, 4) is 56.3 Å². The highest BCUT2D eigenvalue weighted by molar-refractivity contribution is 6.15. The van der Waals surface area contributed by atoms with Gasteiger partial charge in [0, 0.05) is 33.8 Å². The highest BCUT2D eigenvalue weighted by Gasteiger charge is 2.19. The number of imidazole rings is 1. The molecule has 63 heavy (non-hydrogen) atoms. The summed E-state index contributed by atoms with van der Waals surface area (Å²) in [5.74, 6) is 0.672. The van der Waals surface area contributed by atoms with E-state index in [0.717, 1.165) is 88.8 Å². The van der Waals surface area contributed by atoms with Gasteiger partial charge in [0.25, 0.3) is 0 Å². The van der Waals surface area contributed by atoms with Crippen molar-refractivity contribution < 1.29 is 0 Å². The number of aromatic nitrogens is 5. The molecule has 13 rings (SSSR count). The molecule has 4 heterocycles. The van der Waals surface area contributed by atoms with Crippen LogP contribution in [0.3, 0.4) is 0 Å². The summed E-state index contributed by atoms with van der Waals surface area (Å²) >= 11 is 0. The Bertz CT molecular complexity index is 3840. The highest BCUT2D eigenvalue weighted by Crippen LogP contribution is 2.40. The second-order valence-corrected chi connectivity index (χ2v) is 16.2. The molecule has 0 radical (unpaired) electrons. The van der Waals surface area contributed by atoms with Crippen molar-refractivity contribution >= 4 is 70.7 Å². The minimum absolute atomic E-state index is 0.672. The van der Waals surface area contributed by atoms with Gasteiger partial charge >= 0.3 is 0 Å². The van der Waals surface area contributed by atoms with E-state index < -0.39 is 0 Å². The summed E-state index contributed by atoms with van der Waals surface area (Å²) in [7, 11) is 0. The van der Waals surface area contributed by atoms with Crippen LogP contribution in [0.25, 0.3) is 127 Å². The van der Waals surface area contributed by atoms with Gasteiger partial charge in [0.05, 0.1) is 28.1 Å². The molecular weight excluding hydrogens is 767 g/mol. The normalized spacial score (nSPS) is 11.8. The van der Waals surface area contributed by atoms with E-state index in [1.807, 2.05) is 24.3 Å². The summed E-state index contributed by atoms with van der Waals surface area (Å²) in [6.45, 7) is 0. The molecule has 0 N–H and O–H groups in total. The summed E-state index contributed by atoms with van der Waals surface area (Å²) in [4.78, 5) is 21.1. The zero-order chi connectivity index (χ0) is 41.4. The molecule has 0 spiro atoms. The maximum Gasteiger partial charge on any atom is 0.160 e. The van der Waals surface area contributed by atoms with Crippen molar-refractivity contribution in [3.63, 3.8) is 0 Å². The number of hydrogen-bond donors (Lipinski definition) is 0. The molecule has 4 aromatic heterocycles. The van der Waals surface area contributed by atoms with Crippen molar-refractivity contribution in [3.05, 3.63) is 212 Å². The summed E-state index contributed by atoms with van der Waals surface area (Å²) in [5, 5.41) is 10.6. The van der Waals surface area contributed by atoms with Gasteiger partial charge in [-0.2, -0.15) is 0 Å². The van der Waals surface area contributed by atoms with Crippen LogP contribution < -0.4 is 0 Å². The second-order valence-electron chi connectivity index (χ2n) is 16.2. The predicted octanol–water partition coefficient (Wildman–Crippen LogP) is 14.8. The maximum atomic E-state index is 5.43. The molecule has 0 aliphatic rings. The highest BCUT2D eigenvalue weighted by atomic mass is 15.0. The molecule has 0 aliphatic carbocycles. The molecule has 5 nitrogen and oxygen atoms in total. The Morgan fingerprint density at radius 2 is 0.873 bits per heavy atom. The Kier molecular flexibility index (Phi) is 7.84. The first-order valence-corrected chi connectivity index (χ1v) is 21.3. The molecule has 0 amide bonds. The van der Waals surface area contributed by atoms with E-state index in [9.17, 15) is 0 Å². The van der Waals surface area contributed by atoms with Crippen LogP contribution in [0, 0.1) is 0 Å². The van der Waals surface area contributed by atoms with E-state index in [4.69, 9.17) is 19.9 Å². The van der Waals surface area contributed by atoms with Crippen LogP contribution in [0.5, 0.6) is 0 Å². The van der Waals surface area contributed by atoms with Crippen LogP contribution >= 0.6 is 0 Å². The lowest BCUT2D eigenvalue weighted by Gasteiger charge is -2.15. The average Bonchev–Trinajstić information content (AvgIpc) is 3.76. The Balaban J connectivity index is 0.980. The zero-order valence-electron chi connectivity index (χ0n) is 33.9. The van der Waals surface area contributed by atoms with Crippen LogP contribution in [0.2, 0.25) is 0 Å². The van der Waals surface area contributed by atoms with Gasteiger partial charge in [-0.1, -0.05) is 164 Å². The molecule has 13 aromatic rings. The number of nitrogens with zero attached hydrogens (tertiary/aromatic N) is 5. The first-order chi connectivity index (χ1) is 31.2. The van der Waals surface area contributed by atoms with Gasteiger partial charge in [-0.25, -0.2) is 19.9 Å². The SMILES string of the molecule is c1cc(-c2ccc(-c3nc4ccccc4c4nc5ccccn5c34)cc2)cc(-c2nc(-c3cc4ccccc4c4ccccc34)cc(-c3cc4ccccc4c4ccccc34)n2)c1. The van der Waals surface area contributed by atoms with Gasteiger partial charge in [-0.15, -0.1) is 0 Å². The van der Waals surface area contributed by atoms with Crippen molar-refractivity contribution in [2.45, 2.75) is 0 Å². The minimum atomic E-state index is 0.672. The number of hydrogen-bond acceptors (Lipinski definition) is 4. The van der Waals surface area contributed by atoms with Gasteiger partial charge in [0.1, 0.15) is 11.2 Å². The van der Waals surface area contributed by atoms with Crippen molar-refractivity contribution in [2.24, 2.45) is 0 Å². The molecule has 0 fully saturated rings. The summed E-state index contributed by atoms with van der Waals surface area (Å²) in [6, 6.07) is 73.0. The summed E-state index contributed by atoms with van der Waals surface area (Å²) in [6.07, 6.45) is 2.07. The third-order valence-electron chi connectivity index (χ3n) is 12.6. The maximum absolute atomic E-state index is 5.43. The molecule has 0 saturated carbocycles. The first kappa shape index (κ1) is 35.2. The predicted molar refractivity (Wildman–Crippen MR) is 261 cm³/mol. The fraction of sp³-hybridized carbons (Fsp3) is 0. The largest absolute Gasteiger partial charge is 0.298 e. The Morgan fingerprint density at radius 1 is 0.333 bits per heavy atom. The fourth-order valence-electron chi connectivity index (χ4n) is 9.60. The summed E-state index contributed by atoms with van der Waals surface area (Å²) in [5.41, 5.74) is 12.7. The molecule has 292 valence electrons. The van der Waals surface area contributed by atoms with E-state index in [1.54, 1.807) is 0 Å². The molecule has 0 bridgehead atoms. The van der Waals surface area contributed by atoms with Gasteiger partial charge in [-0.05, 0) is 96.7 Å². The third-order valence-corrected chi connectivity index (χ3v) is 12.6. The topological polar surface area (TPSA) is 56.0 Å². The average molecular weight is 802 g/mol. The standard InChI is InChI=1S/C58H35N5/c1-3-18-42-39(14-1)33-49(46-22-7-5-20-44(42)46)52-35-53(50-34-40-15-2-4-19-43(40)45-21-6-8-23-47(45)50)61-58(60-52)41-17-13-16-38(32-41)36-27-29-37(30-28-36)55-57-56(48-24-9-10-25-51(48)59-55)62-54-26-11-12-31-63(54)57/h1-35H.